The number of aromatic nitrogens is 3. The fourth-order valence-corrected chi connectivity index (χ4v) is 7.29. The minimum Gasteiger partial charge on any atom is -0.267 e. The molecule has 0 radical (unpaired) electrons. The molecule has 162 valence electrons. The third kappa shape index (κ3) is 3.25. The summed E-state index contributed by atoms with van der Waals surface area (Å²) in [5, 5.41) is 16.3. The SMILES string of the molecule is O=c1c2c(nc3sc([C@H]4CCCN4S(=O)(=O)c4ccccc4[N+](=O)[O-])nn13)CCCC2. The minimum atomic E-state index is -4.12. The summed E-state index contributed by atoms with van der Waals surface area (Å²) in [7, 11) is -4.12. The molecule has 5 rings (SSSR count). The smallest absolute Gasteiger partial charge is 0.267 e. The van der Waals surface area contributed by atoms with E-state index in [-0.39, 0.29) is 17.0 Å². The summed E-state index contributed by atoms with van der Waals surface area (Å²) in [5.41, 5.74) is 0.856. The number of fused-ring (bicyclic) bond motifs is 2. The zero-order valence-electron chi connectivity index (χ0n) is 16.4. The van der Waals surface area contributed by atoms with E-state index >= 15 is 0 Å². The number of nitro benzene ring substituents is 1. The molecule has 2 aliphatic rings. The number of hydrogen-bond donors (Lipinski definition) is 0. The molecule has 1 atom stereocenters. The van der Waals surface area contributed by atoms with E-state index in [0.717, 1.165) is 25.0 Å². The Morgan fingerprint density at radius 2 is 1.94 bits per heavy atom. The summed E-state index contributed by atoms with van der Waals surface area (Å²) < 4.78 is 29.2. The quantitative estimate of drug-likeness (QED) is 0.431. The molecule has 3 aromatic rings. The van der Waals surface area contributed by atoms with Gasteiger partial charge in [-0.1, -0.05) is 23.5 Å². The van der Waals surface area contributed by atoms with Crippen molar-refractivity contribution in [2.45, 2.75) is 49.5 Å². The molecule has 31 heavy (non-hydrogen) atoms. The summed E-state index contributed by atoms with van der Waals surface area (Å²) in [5.74, 6) is 0. The van der Waals surface area contributed by atoms with Gasteiger partial charge in [0.15, 0.2) is 4.90 Å². The Kier molecular flexibility index (Phi) is 4.87. The Bertz CT molecular complexity index is 1360. The van der Waals surface area contributed by atoms with Gasteiger partial charge in [-0.25, -0.2) is 13.4 Å². The van der Waals surface area contributed by atoms with Gasteiger partial charge in [-0.3, -0.25) is 14.9 Å². The van der Waals surface area contributed by atoms with Gasteiger partial charge in [-0.15, -0.1) is 0 Å². The zero-order valence-corrected chi connectivity index (χ0v) is 18.1. The van der Waals surface area contributed by atoms with Crippen LogP contribution in [0.15, 0.2) is 34.0 Å². The fourth-order valence-electron chi connectivity index (χ4n) is 4.35. The molecule has 10 nitrogen and oxygen atoms in total. The summed E-state index contributed by atoms with van der Waals surface area (Å²) in [6, 6.07) is 4.75. The highest BCUT2D eigenvalue weighted by Crippen LogP contribution is 2.39. The van der Waals surface area contributed by atoms with Gasteiger partial charge in [-0.2, -0.15) is 13.9 Å². The number of aryl methyl sites for hydroxylation is 1. The van der Waals surface area contributed by atoms with Crippen LogP contribution < -0.4 is 5.56 Å². The van der Waals surface area contributed by atoms with Crippen LogP contribution in [0.3, 0.4) is 0 Å². The van der Waals surface area contributed by atoms with E-state index in [1.807, 2.05) is 0 Å². The molecule has 1 aromatic carbocycles. The van der Waals surface area contributed by atoms with Gasteiger partial charge < -0.3 is 0 Å². The van der Waals surface area contributed by atoms with Crippen LogP contribution in [0.4, 0.5) is 5.69 Å². The van der Waals surface area contributed by atoms with Crippen LogP contribution in [0.1, 0.15) is 48.0 Å². The molecule has 3 heterocycles. The molecule has 1 aliphatic carbocycles. The molecule has 1 aliphatic heterocycles. The molecule has 2 aromatic heterocycles. The lowest BCUT2D eigenvalue weighted by Gasteiger charge is -2.22. The maximum Gasteiger partial charge on any atom is 0.289 e. The number of hydrogen-bond acceptors (Lipinski definition) is 8. The van der Waals surface area contributed by atoms with E-state index in [9.17, 15) is 23.3 Å². The van der Waals surface area contributed by atoms with E-state index in [1.54, 1.807) is 0 Å². The van der Waals surface area contributed by atoms with Crippen LogP contribution in [0.5, 0.6) is 0 Å². The third-order valence-electron chi connectivity index (χ3n) is 5.83. The van der Waals surface area contributed by atoms with E-state index in [0.29, 0.717) is 34.8 Å². The van der Waals surface area contributed by atoms with Crippen LogP contribution >= 0.6 is 11.3 Å². The van der Waals surface area contributed by atoms with E-state index in [4.69, 9.17) is 0 Å². The first-order valence-corrected chi connectivity index (χ1v) is 12.3. The standard InChI is InChI=1S/C19H19N5O5S2/c25-18-12-6-1-2-7-13(12)20-19-23(18)21-17(30-19)15-9-5-11-22(15)31(28,29)16-10-4-3-8-14(16)24(26)27/h3-4,8,10,15H,1-2,5-7,9,11H2/t15-/m1/s1. The Morgan fingerprint density at radius 1 is 1.16 bits per heavy atom. The van der Waals surface area contributed by atoms with Crippen LogP contribution in [0.2, 0.25) is 0 Å². The molecule has 1 saturated heterocycles. The lowest BCUT2D eigenvalue weighted by atomic mass is 9.97. The molecule has 12 heteroatoms. The second-order valence-electron chi connectivity index (χ2n) is 7.68. The fraction of sp³-hybridized carbons (Fsp3) is 0.421. The third-order valence-corrected chi connectivity index (χ3v) is 8.80. The van der Waals surface area contributed by atoms with Gasteiger partial charge >= 0.3 is 0 Å². The number of rotatable bonds is 4. The zero-order chi connectivity index (χ0) is 21.8. The molecule has 0 spiro atoms. The van der Waals surface area contributed by atoms with Gasteiger partial charge in [0, 0.05) is 18.2 Å². The molecular weight excluding hydrogens is 442 g/mol. The monoisotopic (exact) mass is 461 g/mol. The molecule has 1 fully saturated rings. The van der Waals surface area contributed by atoms with E-state index in [2.05, 4.69) is 10.1 Å². The highest BCUT2D eigenvalue weighted by Gasteiger charge is 2.41. The van der Waals surface area contributed by atoms with Crippen LogP contribution in [0, 0.1) is 10.1 Å². The molecule has 0 N–H and O–H groups in total. The highest BCUT2D eigenvalue weighted by molar-refractivity contribution is 7.89. The summed E-state index contributed by atoms with van der Waals surface area (Å²) in [6.07, 6.45) is 4.49. The van der Waals surface area contributed by atoms with Crippen molar-refractivity contribution in [3.63, 3.8) is 0 Å². The van der Waals surface area contributed by atoms with Crippen LogP contribution in [-0.4, -0.2) is 38.8 Å². The lowest BCUT2D eigenvalue weighted by molar-refractivity contribution is -0.387. The predicted octanol–water partition coefficient (Wildman–Crippen LogP) is 2.46. The van der Waals surface area contributed by atoms with E-state index < -0.39 is 26.7 Å². The Labute approximate surface area is 181 Å². The second kappa shape index (κ2) is 7.46. The first kappa shape index (κ1) is 20.2. The van der Waals surface area contributed by atoms with Crippen molar-refractivity contribution in [2.75, 3.05) is 6.54 Å². The van der Waals surface area contributed by atoms with Crippen molar-refractivity contribution in [3.05, 3.63) is 61.0 Å². The summed E-state index contributed by atoms with van der Waals surface area (Å²) >= 11 is 1.21. The van der Waals surface area contributed by atoms with Crippen LogP contribution in [-0.2, 0) is 22.9 Å². The first-order valence-electron chi connectivity index (χ1n) is 10.0. The molecule has 0 bridgehead atoms. The van der Waals surface area contributed by atoms with Crippen molar-refractivity contribution in [3.8, 4) is 0 Å². The minimum absolute atomic E-state index is 0.187. The van der Waals surface area contributed by atoms with Gasteiger partial charge in [-0.05, 0) is 44.6 Å². The number of sulfonamides is 1. The van der Waals surface area contributed by atoms with E-state index in [1.165, 1.54) is 44.4 Å². The van der Waals surface area contributed by atoms with Crippen molar-refractivity contribution < 1.29 is 13.3 Å². The molecule has 0 unspecified atom stereocenters. The maximum atomic E-state index is 13.3. The topological polar surface area (TPSA) is 128 Å². The van der Waals surface area contributed by atoms with Crippen molar-refractivity contribution >= 4 is 32.0 Å². The molecule has 0 saturated carbocycles. The second-order valence-corrected chi connectivity index (χ2v) is 10.5. The Morgan fingerprint density at radius 3 is 2.74 bits per heavy atom. The summed E-state index contributed by atoms with van der Waals surface area (Å²) in [6.45, 7) is 0.230. The largest absolute Gasteiger partial charge is 0.289 e. The molecule has 0 amide bonds. The molecular formula is C19H19N5O5S2. The highest BCUT2D eigenvalue weighted by atomic mass is 32.2. The number of benzene rings is 1. The lowest BCUT2D eigenvalue weighted by Crippen LogP contribution is -2.31. The van der Waals surface area contributed by atoms with Crippen LogP contribution in [0.25, 0.3) is 4.96 Å². The first-order chi connectivity index (χ1) is 14.9. The maximum absolute atomic E-state index is 13.3. The van der Waals surface area contributed by atoms with Crippen molar-refractivity contribution in [1.82, 2.24) is 18.9 Å². The van der Waals surface area contributed by atoms with Gasteiger partial charge in [0.1, 0.15) is 5.01 Å². The Hall–Kier alpha value is -2.70. The van der Waals surface area contributed by atoms with Gasteiger partial charge in [0.25, 0.3) is 21.3 Å². The Balaban J connectivity index is 1.58. The number of para-hydroxylation sites is 1. The van der Waals surface area contributed by atoms with Gasteiger partial charge in [0.05, 0.1) is 16.7 Å². The van der Waals surface area contributed by atoms with Crippen molar-refractivity contribution in [2.24, 2.45) is 0 Å². The van der Waals surface area contributed by atoms with Crippen molar-refractivity contribution in [1.29, 1.82) is 0 Å². The normalized spacial score (nSPS) is 19.5. The summed E-state index contributed by atoms with van der Waals surface area (Å²) in [4.78, 5) is 28.3. The predicted molar refractivity (Wildman–Crippen MR) is 113 cm³/mol. The average Bonchev–Trinajstić information content (AvgIpc) is 3.41. The number of nitro groups is 1. The number of nitrogens with zero attached hydrogens (tertiary/aromatic N) is 5. The van der Waals surface area contributed by atoms with Gasteiger partial charge in [0.2, 0.25) is 4.96 Å². The average molecular weight is 462 g/mol.